The first-order valence-electron chi connectivity index (χ1n) is 15.4. The maximum absolute atomic E-state index is 15.1. The Morgan fingerprint density at radius 1 is 0.721 bits per heavy atom. The summed E-state index contributed by atoms with van der Waals surface area (Å²) in [4.78, 5) is 12.7. The van der Waals surface area contributed by atoms with Crippen LogP contribution in [0, 0.1) is 29.2 Å². The molecular formula is C35H38F4O4. The Balaban J connectivity index is 1.15. The number of hydrogen-bond acceptors (Lipinski definition) is 4. The fourth-order valence-electron chi connectivity index (χ4n) is 5.71. The van der Waals surface area contributed by atoms with Crippen LogP contribution in [0.15, 0.2) is 48.5 Å². The molecule has 2 saturated heterocycles. The Kier molecular flexibility index (Phi) is 10.5. The molecule has 0 saturated carbocycles. The highest BCUT2D eigenvalue weighted by molar-refractivity contribution is 5.78. The van der Waals surface area contributed by atoms with Gasteiger partial charge in [0.25, 0.3) is 0 Å². The fraction of sp³-hybridized carbons (Fsp3) is 0.457. The lowest BCUT2D eigenvalue weighted by Gasteiger charge is -2.27. The summed E-state index contributed by atoms with van der Waals surface area (Å²) in [6.07, 6.45) is 9.87. The Bertz CT molecular complexity index is 1400. The van der Waals surface area contributed by atoms with Crippen molar-refractivity contribution in [3.8, 4) is 28.0 Å². The number of ether oxygens (including phenoxy) is 3. The smallest absolute Gasteiger partial charge is 0.340 e. The summed E-state index contributed by atoms with van der Waals surface area (Å²) in [6, 6.07) is 11.5. The summed E-state index contributed by atoms with van der Waals surface area (Å²) in [6.45, 7) is 3.03. The van der Waals surface area contributed by atoms with Crippen molar-refractivity contribution in [3.63, 3.8) is 0 Å². The highest BCUT2D eigenvalue weighted by Gasteiger charge is 2.31. The van der Waals surface area contributed by atoms with Crippen LogP contribution in [0.5, 0.6) is 5.75 Å². The molecule has 230 valence electrons. The maximum Gasteiger partial charge on any atom is 0.340 e. The minimum absolute atomic E-state index is 0.0522. The first kappa shape index (κ1) is 31.2. The molecule has 43 heavy (non-hydrogen) atoms. The zero-order valence-electron chi connectivity index (χ0n) is 24.5. The zero-order chi connectivity index (χ0) is 30.3. The fourth-order valence-corrected chi connectivity index (χ4v) is 5.71. The van der Waals surface area contributed by atoms with Crippen LogP contribution in [0.2, 0.25) is 0 Å². The molecule has 0 spiro atoms. The highest BCUT2D eigenvalue weighted by atomic mass is 19.2. The molecule has 2 fully saturated rings. The topological polar surface area (TPSA) is 48.1 Å². The Hall–Kier alpha value is -3.23. The van der Waals surface area contributed by atoms with Gasteiger partial charge in [-0.25, -0.2) is 18.0 Å². The third-order valence-electron chi connectivity index (χ3n) is 8.41. The largest absolute Gasteiger partial charge is 0.421 e. The summed E-state index contributed by atoms with van der Waals surface area (Å²) in [5.74, 6) is -5.25. The summed E-state index contributed by atoms with van der Waals surface area (Å²) in [7, 11) is 0. The van der Waals surface area contributed by atoms with Crippen molar-refractivity contribution in [3.05, 3.63) is 77.4 Å². The van der Waals surface area contributed by atoms with E-state index in [0.717, 1.165) is 19.3 Å². The molecule has 0 amide bonds. The van der Waals surface area contributed by atoms with Crippen molar-refractivity contribution in [2.45, 2.75) is 83.3 Å². The van der Waals surface area contributed by atoms with Gasteiger partial charge in [0.1, 0.15) is 6.10 Å². The molecule has 3 atom stereocenters. The van der Waals surface area contributed by atoms with Gasteiger partial charge in [0, 0.05) is 16.7 Å². The molecule has 3 aromatic carbocycles. The Morgan fingerprint density at radius 2 is 1.33 bits per heavy atom. The van der Waals surface area contributed by atoms with Crippen LogP contribution in [0.1, 0.15) is 82.8 Å². The normalized spacial score (nSPS) is 19.8. The molecule has 5 rings (SSSR count). The van der Waals surface area contributed by atoms with E-state index in [-0.39, 0.29) is 16.7 Å². The lowest BCUT2D eigenvalue weighted by molar-refractivity contribution is -0.152. The van der Waals surface area contributed by atoms with Gasteiger partial charge in [0.15, 0.2) is 29.3 Å². The third kappa shape index (κ3) is 7.65. The van der Waals surface area contributed by atoms with Gasteiger partial charge >= 0.3 is 5.97 Å². The molecular weight excluding hydrogens is 560 g/mol. The number of rotatable bonds is 13. The zero-order valence-corrected chi connectivity index (χ0v) is 24.5. The molecule has 0 N–H and O–H groups in total. The second kappa shape index (κ2) is 14.5. The average molecular weight is 599 g/mol. The van der Waals surface area contributed by atoms with Crippen LogP contribution >= 0.6 is 0 Å². The minimum Gasteiger partial charge on any atom is -0.421 e. The monoisotopic (exact) mass is 598 g/mol. The molecule has 0 bridgehead atoms. The van der Waals surface area contributed by atoms with Crippen LogP contribution in [-0.4, -0.2) is 25.3 Å². The second-order valence-corrected chi connectivity index (χ2v) is 11.6. The Labute approximate surface area is 250 Å². The molecule has 0 radical (unpaired) electrons. The summed E-state index contributed by atoms with van der Waals surface area (Å²) in [5.41, 5.74) is 0.876. The summed E-state index contributed by atoms with van der Waals surface area (Å²) in [5, 5.41) is 0. The standard InChI is InChI=1S/C35H38F4O4/c1-2-3-4-5-6-7-8-9-22-10-18-29(41-20-22)35(40)43-28-19-17-26(32(37)34(28)39)24-13-11-23(12-14-24)25-15-16-27(30-21-42-30)33(38)31(25)36/h11-17,19,22,29-30H,2-10,18,20-21H2,1H3. The van der Waals surface area contributed by atoms with E-state index in [4.69, 9.17) is 14.2 Å². The molecule has 0 aliphatic carbocycles. The summed E-state index contributed by atoms with van der Waals surface area (Å²) < 4.78 is 75.2. The minimum atomic E-state index is -1.28. The molecule has 8 heteroatoms. The van der Waals surface area contributed by atoms with E-state index in [0.29, 0.717) is 36.7 Å². The first-order valence-corrected chi connectivity index (χ1v) is 15.4. The van der Waals surface area contributed by atoms with Gasteiger partial charge < -0.3 is 14.2 Å². The number of benzene rings is 3. The van der Waals surface area contributed by atoms with E-state index in [1.54, 1.807) is 0 Å². The second-order valence-electron chi connectivity index (χ2n) is 11.6. The number of halogens is 4. The van der Waals surface area contributed by atoms with Gasteiger partial charge in [-0.1, -0.05) is 88.3 Å². The van der Waals surface area contributed by atoms with Crippen molar-refractivity contribution in [1.29, 1.82) is 0 Å². The highest BCUT2D eigenvalue weighted by Crippen LogP contribution is 2.37. The quantitative estimate of drug-likeness (QED) is 0.0647. The predicted octanol–water partition coefficient (Wildman–Crippen LogP) is 9.49. The van der Waals surface area contributed by atoms with Gasteiger partial charge in [-0.2, -0.15) is 4.39 Å². The molecule has 4 nitrogen and oxygen atoms in total. The lowest BCUT2D eigenvalue weighted by atomic mass is 9.93. The van der Waals surface area contributed by atoms with Crippen molar-refractivity contribution in [2.75, 3.05) is 13.2 Å². The molecule has 0 aromatic heterocycles. The molecule has 2 heterocycles. The number of carbonyl (C=O) groups excluding carboxylic acids is 1. The molecule has 2 aliphatic rings. The van der Waals surface area contributed by atoms with Gasteiger partial charge in [-0.15, -0.1) is 0 Å². The first-order chi connectivity index (χ1) is 20.9. The van der Waals surface area contributed by atoms with Crippen molar-refractivity contribution < 1.29 is 36.6 Å². The molecule has 3 aromatic rings. The lowest BCUT2D eigenvalue weighted by Crippen LogP contribution is -2.35. The van der Waals surface area contributed by atoms with Crippen LogP contribution in [-0.2, 0) is 14.3 Å². The van der Waals surface area contributed by atoms with Crippen molar-refractivity contribution in [1.82, 2.24) is 0 Å². The number of carbonyl (C=O) groups is 1. The molecule has 3 unspecified atom stereocenters. The van der Waals surface area contributed by atoms with Crippen LogP contribution < -0.4 is 4.74 Å². The maximum atomic E-state index is 15.1. The van der Waals surface area contributed by atoms with Crippen LogP contribution in [0.4, 0.5) is 17.6 Å². The SMILES string of the molecule is CCCCCCCCCC1CCC(C(=O)Oc2ccc(-c3ccc(-c4ccc(C5CO5)c(F)c4F)cc3)c(F)c2F)OC1. The van der Waals surface area contributed by atoms with E-state index in [9.17, 15) is 18.0 Å². The van der Waals surface area contributed by atoms with Crippen LogP contribution in [0.3, 0.4) is 0 Å². The summed E-state index contributed by atoms with van der Waals surface area (Å²) >= 11 is 0. The number of unbranched alkanes of at least 4 members (excludes halogenated alkanes) is 6. The number of esters is 1. The predicted molar refractivity (Wildman–Crippen MR) is 157 cm³/mol. The number of epoxide rings is 1. The van der Waals surface area contributed by atoms with E-state index < -0.39 is 47.2 Å². The van der Waals surface area contributed by atoms with Gasteiger partial charge in [-0.05, 0) is 48.4 Å². The van der Waals surface area contributed by atoms with Crippen molar-refractivity contribution >= 4 is 5.97 Å². The molecule has 2 aliphatic heterocycles. The van der Waals surface area contributed by atoms with E-state index in [2.05, 4.69) is 6.92 Å². The van der Waals surface area contributed by atoms with Crippen molar-refractivity contribution in [2.24, 2.45) is 5.92 Å². The average Bonchev–Trinajstić information content (AvgIpc) is 3.86. The van der Waals surface area contributed by atoms with Gasteiger partial charge in [0.2, 0.25) is 5.82 Å². The van der Waals surface area contributed by atoms with Gasteiger partial charge in [-0.3, -0.25) is 0 Å². The van der Waals surface area contributed by atoms with E-state index in [1.807, 2.05) is 0 Å². The number of hydrogen-bond donors (Lipinski definition) is 0. The van der Waals surface area contributed by atoms with Crippen LogP contribution in [0.25, 0.3) is 22.3 Å². The van der Waals surface area contributed by atoms with Gasteiger partial charge in [0.05, 0.1) is 13.2 Å². The Morgan fingerprint density at radius 3 is 1.93 bits per heavy atom. The third-order valence-corrected chi connectivity index (χ3v) is 8.41. The van der Waals surface area contributed by atoms with E-state index in [1.165, 1.54) is 87.1 Å². The van der Waals surface area contributed by atoms with E-state index >= 15 is 4.39 Å².